The number of aryl methyl sites for hydroxylation is 1. The van der Waals surface area contributed by atoms with Crippen LogP contribution >= 0.6 is 0 Å². The first-order valence-electron chi connectivity index (χ1n) is 13.3. The molecule has 1 fully saturated rings. The fourth-order valence-electron chi connectivity index (χ4n) is 5.91. The lowest BCUT2D eigenvalue weighted by atomic mass is 9.69. The molecule has 2 atom stereocenters. The number of nitrogens with one attached hydrogen (secondary N) is 1. The van der Waals surface area contributed by atoms with Crippen molar-refractivity contribution in [3.63, 3.8) is 0 Å². The van der Waals surface area contributed by atoms with E-state index in [2.05, 4.69) is 107 Å². The smallest absolute Gasteiger partial charge is 0.120 e. The fraction of sp³-hybridized carbons (Fsp3) is 0.273. The Balaban J connectivity index is 1.30. The molecule has 3 heteroatoms. The molecule has 4 aromatic carbocycles. The van der Waals surface area contributed by atoms with Gasteiger partial charge < -0.3 is 15.0 Å². The topological polar surface area (TPSA) is 24.5 Å². The molecule has 36 heavy (non-hydrogen) atoms. The monoisotopic (exact) mass is 474 g/mol. The minimum Gasteiger partial charge on any atom is -0.489 e. The molecule has 0 saturated carbocycles. The summed E-state index contributed by atoms with van der Waals surface area (Å²) in [6.07, 6.45) is 2.22. The van der Waals surface area contributed by atoms with Crippen molar-refractivity contribution in [2.24, 2.45) is 0 Å². The second-order valence-electron chi connectivity index (χ2n) is 10.00. The van der Waals surface area contributed by atoms with E-state index in [-0.39, 0.29) is 0 Å². The Hall–Kier alpha value is -3.56. The van der Waals surface area contributed by atoms with Crippen molar-refractivity contribution in [1.29, 1.82) is 0 Å². The van der Waals surface area contributed by atoms with E-state index >= 15 is 0 Å². The van der Waals surface area contributed by atoms with Gasteiger partial charge in [-0.15, -0.1) is 0 Å². The number of rotatable bonds is 6. The molecule has 0 spiro atoms. The summed E-state index contributed by atoms with van der Waals surface area (Å²) >= 11 is 0. The Labute approximate surface area is 214 Å². The molecule has 182 valence electrons. The molecule has 3 nitrogen and oxygen atoms in total. The van der Waals surface area contributed by atoms with Gasteiger partial charge in [-0.3, -0.25) is 0 Å². The molecule has 1 aliphatic carbocycles. The molecule has 0 aromatic heterocycles. The van der Waals surface area contributed by atoms with Gasteiger partial charge in [-0.05, 0) is 70.8 Å². The van der Waals surface area contributed by atoms with Crippen LogP contribution in [-0.2, 0) is 13.0 Å². The van der Waals surface area contributed by atoms with E-state index in [0.29, 0.717) is 18.4 Å². The summed E-state index contributed by atoms with van der Waals surface area (Å²) in [4.78, 5) is 2.49. The highest BCUT2D eigenvalue weighted by Crippen LogP contribution is 2.47. The summed E-state index contributed by atoms with van der Waals surface area (Å²) in [6, 6.07) is 37.6. The third-order valence-electron chi connectivity index (χ3n) is 7.79. The third kappa shape index (κ3) is 4.89. The van der Waals surface area contributed by atoms with Gasteiger partial charge in [-0.1, -0.05) is 78.9 Å². The first-order valence-corrected chi connectivity index (χ1v) is 13.3. The lowest BCUT2D eigenvalue weighted by molar-refractivity contribution is 0.305. The molecule has 0 unspecified atom stereocenters. The van der Waals surface area contributed by atoms with E-state index in [1.54, 1.807) is 0 Å². The normalized spacial score (nSPS) is 19.5. The maximum atomic E-state index is 6.18. The minimum atomic E-state index is 0.344. The van der Waals surface area contributed by atoms with Gasteiger partial charge in [0.05, 0.1) is 0 Å². The van der Waals surface area contributed by atoms with Gasteiger partial charge >= 0.3 is 0 Å². The third-order valence-corrected chi connectivity index (χ3v) is 7.79. The largest absolute Gasteiger partial charge is 0.489 e. The van der Waals surface area contributed by atoms with E-state index in [1.807, 2.05) is 6.07 Å². The highest BCUT2D eigenvalue weighted by molar-refractivity contribution is 5.53. The summed E-state index contributed by atoms with van der Waals surface area (Å²) in [5.41, 5.74) is 8.23. The zero-order valence-electron chi connectivity index (χ0n) is 20.8. The van der Waals surface area contributed by atoms with Crippen LogP contribution in [0.1, 0.15) is 46.1 Å². The standard InChI is InChI=1S/C33H34N2O/c1-3-7-25(8-4-1)24-36-30-16-18-32-28(23-30)13-17-31(26-9-5-2-6-10-26)33(32)27-11-14-29(15-12-27)35-21-19-34-20-22-35/h1-12,14-16,18,23,31,33-34H,13,17,19-22,24H2/t31-,33+/m1/s1. The van der Waals surface area contributed by atoms with E-state index in [9.17, 15) is 0 Å². The SMILES string of the molecule is c1ccc(COc2ccc3c(c2)CC[C@H](c2ccccc2)[C@@H]3c2ccc(N3CCNCC3)cc2)cc1. The van der Waals surface area contributed by atoms with Gasteiger partial charge in [0.1, 0.15) is 12.4 Å². The van der Waals surface area contributed by atoms with E-state index < -0.39 is 0 Å². The summed E-state index contributed by atoms with van der Waals surface area (Å²) < 4.78 is 6.18. The number of benzene rings is 4. The molecule has 0 amide bonds. The van der Waals surface area contributed by atoms with Gasteiger partial charge in [-0.2, -0.15) is 0 Å². The summed E-state index contributed by atoms with van der Waals surface area (Å²) in [5.74, 6) is 1.78. The number of fused-ring (bicyclic) bond motifs is 1. The number of hydrogen-bond donors (Lipinski definition) is 1. The molecule has 4 aromatic rings. The number of ether oxygens (including phenoxy) is 1. The zero-order valence-corrected chi connectivity index (χ0v) is 20.8. The van der Waals surface area contributed by atoms with E-state index in [4.69, 9.17) is 4.74 Å². The van der Waals surface area contributed by atoms with E-state index in [1.165, 1.54) is 33.5 Å². The summed E-state index contributed by atoms with van der Waals surface area (Å²) in [6.45, 7) is 4.86. The molecule has 1 saturated heterocycles. The van der Waals surface area contributed by atoms with Crippen LogP contribution in [0.25, 0.3) is 0 Å². The van der Waals surface area contributed by atoms with Crippen molar-refractivity contribution in [3.8, 4) is 5.75 Å². The predicted molar refractivity (Wildman–Crippen MR) is 148 cm³/mol. The molecule has 6 rings (SSSR count). The van der Waals surface area contributed by atoms with Crippen LogP contribution in [0.15, 0.2) is 103 Å². The van der Waals surface area contributed by atoms with Crippen LogP contribution in [0.4, 0.5) is 5.69 Å². The molecule has 1 heterocycles. The second kappa shape index (κ2) is 10.6. The Morgan fingerprint density at radius 1 is 0.750 bits per heavy atom. The van der Waals surface area contributed by atoms with Crippen molar-refractivity contribution in [2.75, 3.05) is 31.1 Å². The van der Waals surface area contributed by atoms with Crippen LogP contribution in [0.5, 0.6) is 5.75 Å². The quantitative estimate of drug-likeness (QED) is 0.344. The molecular weight excluding hydrogens is 440 g/mol. The number of hydrogen-bond acceptors (Lipinski definition) is 3. The lowest BCUT2D eigenvalue weighted by Crippen LogP contribution is -2.43. The summed E-state index contributed by atoms with van der Waals surface area (Å²) in [7, 11) is 0. The average Bonchev–Trinajstić information content (AvgIpc) is 2.97. The number of nitrogens with zero attached hydrogens (tertiary/aromatic N) is 1. The Morgan fingerprint density at radius 2 is 1.47 bits per heavy atom. The first kappa shape index (κ1) is 22.9. The van der Waals surface area contributed by atoms with Crippen LogP contribution in [0.2, 0.25) is 0 Å². The highest BCUT2D eigenvalue weighted by atomic mass is 16.5. The van der Waals surface area contributed by atoms with Crippen LogP contribution < -0.4 is 15.0 Å². The Kier molecular flexibility index (Phi) is 6.73. The van der Waals surface area contributed by atoms with Crippen molar-refractivity contribution < 1.29 is 4.74 Å². The first-order chi connectivity index (χ1) is 17.8. The fourth-order valence-corrected chi connectivity index (χ4v) is 5.91. The van der Waals surface area contributed by atoms with Gasteiger partial charge in [-0.25, -0.2) is 0 Å². The number of anilines is 1. The molecular formula is C33H34N2O. The van der Waals surface area contributed by atoms with Crippen LogP contribution in [0.3, 0.4) is 0 Å². The van der Waals surface area contributed by atoms with E-state index in [0.717, 1.165) is 44.8 Å². The van der Waals surface area contributed by atoms with Gasteiger partial charge in [0.15, 0.2) is 0 Å². The van der Waals surface area contributed by atoms with Crippen LogP contribution in [0, 0.1) is 0 Å². The molecule has 0 radical (unpaired) electrons. The highest BCUT2D eigenvalue weighted by Gasteiger charge is 2.32. The van der Waals surface area contributed by atoms with Gasteiger partial charge in [0.25, 0.3) is 0 Å². The van der Waals surface area contributed by atoms with Gasteiger partial charge in [0.2, 0.25) is 0 Å². The Bertz CT molecular complexity index is 1260. The van der Waals surface area contributed by atoms with Gasteiger partial charge in [0, 0.05) is 37.8 Å². The minimum absolute atomic E-state index is 0.344. The molecule has 1 N–H and O–H groups in total. The predicted octanol–water partition coefficient (Wildman–Crippen LogP) is 6.54. The van der Waals surface area contributed by atoms with Crippen molar-refractivity contribution in [3.05, 3.63) is 131 Å². The van der Waals surface area contributed by atoms with Crippen molar-refractivity contribution >= 4 is 5.69 Å². The maximum Gasteiger partial charge on any atom is 0.120 e. The van der Waals surface area contributed by atoms with Crippen LogP contribution in [-0.4, -0.2) is 26.2 Å². The average molecular weight is 475 g/mol. The molecule has 1 aliphatic heterocycles. The summed E-state index contributed by atoms with van der Waals surface area (Å²) in [5, 5.41) is 3.45. The second-order valence-corrected chi connectivity index (χ2v) is 10.00. The maximum absolute atomic E-state index is 6.18. The van der Waals surface area contributed by atoms with Crippen molar-refractivity contribution in [1.82, 2.24) is 5.32 Å². The lowest BCUT2D eigenvalue weighted by Gasteiger charge is -2.35. The Morgan fingerprint density at radius 3 is 2.22 bits per heavy atom. The van der Waals surface area contributed by atoms with Crippen molar-refractivity contribution in [2.45, 2.75) is 31.3 Å². The molecule has 2 aliphatic rings. The number of piperazine rings is 1. The zero-order chi connectivity index (χ0) is 24.2. The molecule has 0 bridgehead atoms.